The Morgan fingerprint density at radius 1 is 1.06 bits per heavy atom. The van der Waals surface area contributed by atoms with Crippen molar-refractivity contribution in [3.8, 4) is 0 Å². The Labute approximate surface area is 210 Å². The van der Waals surface area contributed by atoms with Gasteiger partial charge in [0.25, 0.3) is 5.91 Å². The van der Waals surface area contributed by atoms with E-state index in [1.165, 1.54) is 38.2 Å². The molecule has 0 saturated heterocycles. The lowest BCUT2D eigenvalue weighted by molar-refractivity contribution is 0.0803. The van der Waals surface area contributed by atoms with E-state index in [9.17, 15) is 13.6 Å². The van der Waals surface area contributed by atoms with Gasteiger partial charge in [-0.1, -0.05) is 70.7 Å². The van der Waals surface area contributed by atoms with Crippen molar-refractivity contribution in [2.45, 2.75) is 65.7 Å². The summed E-state index contributed by atoms with van der Waals surface area (Å²) in [5.41, 5.74) is 1.39. The number of halogens is 2. The number of rotatable bonds is 8. The summed E-state index contributed by atoms with van der Waals surface area (Å²) >= 11 is 0. The van der Waals surface area contributed by atoms with E-state index < -0.39 is 23.1 Å². The zero-order valence-corrected chi connectivity index (χ0v) is 21.9. The maximum absolute atomic E-state index is 14.3. The van der Waals surface area contributed by atoms with Crippen LogP contribution in [0.1, 0.15) is 76.1 Å². The van der Waals surface area contributed by atoms with Crippen molar-refractivity contribution in [2.24, 2.45) is 17.8 Å². The van der Waals surface area contributed by atoms with Gasteiger partial charge in [-0.15, -0.1) is 0 Å². The van der Waals surface area contributed by atoms with Crippen LogP contribution >= 0.6 is 0 Å². The summed E-state index contributed by atoms with van der Waals surface area (Å²) in [6, 6.07) is 3.55. The second kappa shape index (κ2) is 13.2. The summed E-state index contributed by atoms with van der Waals surface area (Å²) in [6.07, 6.45) is 17.0. The summed E-state index contributed by atoms with van der Waals surface area (Å²) in [7, 11) is 2.14. The molecule has 1 saturated carbocycles. The molecule has 0 N–H and O–H groups in total. The zero-order valence-electron chi connectivity index (χ0n) is 21.9. The zero-order chi connectivity index (χ0) is 25.4. The van der Waals surface area contributed by atoms with Crippen molar-refractivity contribution in [2.75, 3.05) is 26.7 Å². The van der Waals surface area contributed by atoms with E-state index in [-0.39, 0.29) is 11.8 Å². The van der Waals surface area contributed by atoms with Gasteiger partial charge in [0, 0.05) is 18.2 Å². The van der Waals surface area contributed by atoms with Crippen LogP contribution in [0.15, 0.2) is 53.8 Å². The third-order valence-corrected chi connectivity index (χ3v) is 7.37. The third-order valence-electron chi connectivity index (χ3n) is 7.37. The third kappa shape index (κ3) is 7.36. The topological polar surface area (TPSA) is 23.6 Å². The van der Waals surface area contributed by atoms with Crippen molar-refractivity contribution in [1.82, 2.24) is 9.80 Å². The first-order valence-electron chi connectivity index (χ1n) is 13.4. The van der Waals surface area contributed by atoms with Gasteiger partial charge >= 0.3 is 0 Å². The number of unbranched alkanes of at least 4 members (excludes halogenated alkanes) is 1. The van der Waals surface area contributed by atoms with Crippen molar-refractivity contribution >= 4 is 5.91 Å². The fraction of sp³-hybridized carbons (Fsp3) is 0.567. The predicted octanol–water partition coefficient (Wildman–Crippen LogP) is 7.37. The molecule has 2 atom stereocenters. The first kappa shape index (κ1) is 27.3. The standard InChI is InChI=1S/C25H32F2N2O.C5H10/c1-4-5-15-28(3)16-7-8-19-17-29(23-14-12-18(2)11-13-20(19)23)25(30)24-21(26)9-6-10-22(24)27;1-5-3-2-4-5/h6,9-14,18-19H,4-5,7-8,15-17H2,1-3H3;5H,2-4H2,1H3. The van der Waals surface area contributed by atoms with Crippen molar-refractivity contribution in [3.05, 3.63) is 71.0 Å². The average Bonchev–Trinajstić information content (AvgIpc) is 3.04. The Balaban J connectivity index is 0.000000607. The van der Waals surface area contributed by atoms with Crippen LogP contribution in [-0.4, -0.2) is 42.4 Å². The monoisotopic (exact) mass is 484 g/mol. The molecule has 1 amide bonds. The lowest BCUT2D eigenvalue weighted by Gasteiger charge is -2.21. The summed E-state index contributed by atoms with van der Waals surface area (Å²) in [4.78, 5) is 17.0. The van der Waals surface area contributed by atoms with Gasteiger partial charge in [-0.05, 0) is 75.0 Å². The van der Waals surface area contributed by atoms with E-state index >= 15 is 0 Å². The molecule has 2 aliphatic carbocycles. The number of benzene rings is 1. The Kier molecular flexibility index (Phi) is 10.3. The highest BCUT2D eigenvalue weighted by molar-refractivity contribution is 5.96. The number of amides is 1. The molecule has 0 spiro atoms. The highest BCUT2D eigenvalue weighted by atomic mass is 19.1. The highest BCUT2D eigenvalue weighted by Gasteiger charge is 2.35. The van der Waals surface area contributed by atoms with E-state index in [2.05, 4.69) is 44.9 Å². The summed E-state index contributed by atoms with van der Waals surface area (Å²) in [6.45, 7) is 9.13. The summed E-state index contributed by atoms with van der Waals surface area (Å²) in [5.74, 6) is -0.749. The van der Waals surface area contributed by atoms with Crippen molar-refractivity contribution in [1.29, 1.82) is 0 Å². The van der Waals surface area contributed by atoms with Crippen LogP contribution in [0.2, 0.25) is 0 Å². The van der Waals surface area contributed by atoms with Crippen molar-refractivity contribution in [3.63, 3.8) is 0 Å². The minimum atomic E-state index is -0.815. The summed E-state index contributed by atoms with van der Waals surface area (Å²) in [5, 5.41) is 0. The molecule has 0 aromatic heterocycles. The lowest BCUT2D eigenvalue weighted by Crippen LogP contribution is -2.31. The molecular weight excluding hydrogens is 442 g/mol. The fourth-order valence-corrected chi connectivity index (χ4v) is 4.79. The highest BCUT2D eigenvalue weighted by Crippen LogP contribution is 2.36. The number of carbonyl (C=O) groups excluding carboxylic acids is 1. The Morgan fingerprint density at radius 2 is 1.69 bits per heavy atom. The molecule has 3 nitrogen and oxygen atoms in total. The van der Waals surface area contributed by atoms with Crippen molar-refractivity contribution < 1.29 is 13.6 Å². The molecule has 0 bridgehead atoms. The van der Waals surface area contributed by atoms with Gasteiger partial charge in [-0.2, -0.15) is 0 Å². The summed E-state index contributed by atoms with van der Waals surface area (Å²) < 4.78 is 28.5. The predicted molar refractivity (Wildman–Crippen MR) is 140 cm³/mol. The largest absolute Gasteiger partial charge is 0.307 e. The maximum atomic E-state index is 14.3. The number of hydrogen-bond donors (Lipinski definition) is 0. The van der Waals surface area contributed by atoms with Crippen LogP contribution in [0.4, 0.5) is 8.78 Å². The van der Waals surface area contributed by atoms with E-state index in [1.54, 1.807) is 4.90 Å². The van der Waals surface area contributed by atoms with Crippen LogP contribution in [-0.2, 0) is 0 Å². The molecule has 1 aromatic carbocycles. The van der Waals surface area contributed by atoms with E-state index in [4.69, 9.17) is 0 Å². The molecule has 2 unspecified atom stereocenters. The van der Waals surface area contributed by atoms with Crippen LogP contribution in [0, 0.1) is 29.4 Å². The quantitative estimate of drug-likeness (QED) is 0.384. The lowest BCUT2D eigenvalue weighted by atomic mass is 9.88. The molecule has 1 aromatic rings. The Bertz CT molecular complexity index is 927. The second-order valence-corrected chi connectivity index (χ2v) is 10.5. The Morgan fingerprint density at radius 3 is 2.29 bits per heavy atom. The van der Waals surface area contributed by atoms with Gasteiger partial charge in [0.1, 0.15) is 17.2 Å². The molecule has 192 valence electrons. The molecule has 1 aliphatic heterocycles. The smallest absolute Gasteiger partial charge is 0.264 e. The second-order valence-electron chi connectivity index (χ2n) is 10.5. The van der Waals surface area contributed by atoms with Gasteiger partial charge in [0.05, 0.1) is 0 Å². The number of nitrogens with zero attached hydrogens (tertiary/aromatic N) is 2. The number of carbonyl (C=O) groups is 1. The molecule has 4 rings (SSSR count). The Hall–Kier alpha value is -2.27. The number of allylic oxidation sites excluding steroid dienone is 4. The van der Waals surface area contributed by atoms with Crippen LogP contribution in [0.3, 0.4) is 0 Å². The van der Waals surface area contributed by atoms with Gasteiger partial charge in [0.15, 0.2) is 0 Å². The van der Waals surface area contributed by atoms with E-state index in [1.807, 2.05) is 12.2 Å². The van der Waals surface area contributed by atoms with Gasteiger partial charge in [-0.3, -0.25) is 4.79 Å². The normalized spacial score (nSPS) is 21.5. The van der Waals surface area contributed by atoms with E-state index in [0.29, 0.717) is 6.54 Å². The van der Waals surface area contributed by atoms with Crippen LogP contribution in [0.5, 0.6) is 0 Å². The van der Waals surface area contributed by atoms with E-state index in [0.717, 1.165) is 55.3 Å². The minimum Gasteiger partial charge on any atom is -0.307 e. The molecule has 3 aliphatic rings. The SMILES string of the molecule is CC1CCC1.CCCCN(C)CCCC1CN(C(=O)c2c(F)cccc2F)C2=C1C=CC(C)C=C2. The minimum absolute atomic E-state index is 0.171. The maximum Gasteiger partial charge on any atom is 0.264 e. The first-order valence-corrected chi connectivity index (χ1v) is 13.4. The molecule has 1 fully saturated rings. The fourth-order valence-electron chi connectivity index (χ4n) is 4.79. The molecular formula is C30H42F2N2O. The average molecular weight is 485 g/mol. The first-order chi connectivity index (χ1) is 16.8. The van der Waals surface area contributed by atoms with Crippen LogP contribution < -0.4 is 0 Å². The van der Waals surface area contributed by atoms with Gasteiger partial charge in [-0.25, -0.2) is 8.78 Å². The molecule has 0 radical (unpaired) electrons. The molecule has 5 heteroatoms. The van der Waals surface area contributed by atoms with Gasteiger partial charge < -0.3 is 9.80 Å². The number of hydrogen-bond acceptors (Lipinski definition) is 2. The van der Waals surface area contributed by atoms with Gasteiger partial charge in [0.2, 0.25) is 0 Å². The van der Waals surface area contributed by atoms with Crippen LogP contribution in [0.25, 0.3) is 0 Å². The molecule has 1 heterocycles. The molecule has 35 heavy (non-hydrogen) atoms.